The van der Waals surface area contributed by atoms with Crippen LogP contribution in [-0.4, -0.2) is 36.9 Å². The lowest BCUT2D eigenvalue weighted by Gasteiger charge is -2.34. The Labute approximate surface area is 129 Å². The average Bonchev–Trinajstić information content (AvgIpc) is 2.42. The molecule has 0 spiro atoms. The van der Waals surface area contributed by atoms with Crippen molar-refractivity contribution in [3.63, 3.8) is 0 Å². The van der Waals surface area contributed by atoms with Gasteiger partial charge in [-0.15, -0.1) is 0 Å². The van der Waals surface area contributed by atoms with Gasteiger partial charge in [0.1, 0.15) is 5.60 Å². The second kappa shape index (κ2) is 8.59. The van der Waals surface area contributed by atoms with Gasteiger partial charge in [-0.1, -0.05) is 19.8 Å². The molecule has 1 amide bonds. The Morgan fingerprint density at radius 2 is 2.00 bits per heavy atom. The van der Waals surface area contributed by atoms with Crippen LogP contribution in [0.25, 0.3) is 0 Å². The molecule has 1 saturated carbocycles. The molecule has 0 aromatic heterocycles. The summed E-state index contributed by atoms with van der Waals surface area (Å²) in [6.07, 6.45) is 5.58. The minimum Gasteiger partial charge on any atom is -0.444 e. The summed E-state index contributed by atoms with van der Waals surface area (Å²) in [5.74, 6) is 0.564. The summed E-state index contributed by atoms with van der Waals surface area (Å²) in [5.41, 5.74) is 5.42. The summed E-state index contributed by atoms with van der Waals surface area (Å²) in [5, 5.41) is 6.53. The molecule has 5 heteroatoms. The van der Waals surface area contributed by atoms with Gasteiger partial charge in [-0.25, -0.2) is 4.79 Å². The minimum absolute atomic E-state index is 0.273. The van der Waals surface area contributed by atoms with Crippen molar-refractivity contribution in [3.8, 4) is 0 Å². The molecular weight excluding hydrogens is 266 g/mol. The maximum atomic E-state index is 11.7. The molecule has 21 heavy (non-hydrogen) atoms. The van der Waals surface area contributed by atoms with E-state index < -0.39 is 5.60 Å². The van der Waals surface area contributed by atoms with Crippen LogP contribution in [0.4, 0.5) is 4.79 Å². The summed E-state index contributed by atoms with van der Waals surface area (Å²) >= 11 is 0. The summed E-state index contributed by atoms with van der Waals surface area (Å²) in [6, 6.07) is 0.754. The van der Waals surface area contributed by atoms with Gasteiger partial charge in [-0.2, -0.15) is 0 Å². The van der Waals surface area contributed by atoms with E-state index in [9.17, 15) is 4.79 Å². The lowest BCUT2D eigenvalue weighted by molar-refractivity contribution is 0.0520. The van der Waals surface area contributed by atoms with Gasteiger partial charge in [0.15, 0.2) is 0 Å². The topological polar surface area (TPSA) is 76.4 Å². The Balaban J connectivity index is 2.38. The van der Waals surface area contributed by atoms with Crippen LogP contribution >= 0.6 is 0 Å². The van der Waals surface area contributed by atoms with E-state index in [1.54, 1.807) is 0 Å². The quantitative estimate of drug-likeness (QED) is 0.704. The lowest BCUT2D eigenvalue weighted by atomic mass is 9.84. The fourth-order valence-electron chi connectivity index (χ4n) is 2.85. The predicted molar refractivity (Wildman–Crippen MR) is 86.3 cm³/mol. The van der Waals surface area contributed by atoms with Crippen LogP contribution < -0.4 is 16.4 Å². The normalized spacial score (nSPS) is 24.4. The van der Waals surface area contributed by atoms with Gasteiger partial charge in [-0.3, -0.25) is 0 Å². The monoisotopic (exact) mass is 299 g/mol. The van der Waals surface area contributed by atoms with E-state index in [1.807, 2.05) is 20.8 Å². The Kier molecular flexibility index (Phi) is 7.46. The second-order valence-electron chi connectivity index (χ2n) is 7.04. The van der Waals surface area contributed by atoms with Crippen molar-refractivity contribution < 1.29 is 9.53 Å². The summed E-state index contributed by atoms with van der Waals surface area (Å²) < 4.78 is 5.27. The zero-order valence-electron chi connectivity index (χ0n) is 14.1. The highest BCUT2D eigenvalue weighted by atomic mass is 16.6. The molecule has 0 aromatic rings. The SMILES string of the molecule is CCC(CNC(=O)OC(C)(C)C)NC1CCCCC1CN. The second-order valence-corrected chi connectivity index (χ2v) is 7.04. The number of carbonyl (C=O) groups excluding carboxylic acids is 1. The fraction of sp³-hybridized carbons (Fsp3) is 0.938. The van der Waals surface area contributed by atoms with E-state index in [0.29, 0.717) is 18.5 Å². The van der Waals surface area contributed by atoms with Gasteiger partial charge in [-0.05, 0) is 52.5 Å². The third-order valence-electron chi connectivity index (χ3n) is 4.05. The maximum Gasteiger partial charge on any atom is 0.407 e. The fourth-order valence-corrected chi connectivity index (χ4v) is 2.85. The molecule has 0 aliphatic heterocycles. The number of hydrogen-bond donors (Lipinski definition) is 3. The number of amides is 1. The highest BCUT2D eigenvalue weighted by Gasteiger charge is 2.26. The smallest absolute Gasteiger partial charge is 0.407 e. The number of hydrogen-bond acceptors (Lipinski definition) is 4. The van der Waals surface area contributed by atoms with Crippen LogP contribution in [-0.2, 0) is 4.74 Å². The van der Waals surface area contributed by atoms with Crippen molar-refractivity contribution in [2.24, 2.45) is 11.7 Å². The predicted octanol–water partition coefficient (Wildman–Crippen LogP) is 2.40. The number of ether oxygens (including phenoxy) is 1. The summed E-state index contributed by atoms with van der Waals surface area (Å²) in [4.78, 5) is 11.7. The number of carbonyl (C=O) groups is 1. The number of alkyl carbamates (subject to hydrolysis) is 1. The van der Waals surface area contributed by atoms with Crippen LogP contribution in [0.15, 0.2) is 0 Å². The standard InChI is InChI=1S/C16H33N3O2/c1-5-13(11-18-15(20)21-16(2,3)4)19-14-9-7-6-8-12(14)10-17/h12-14,19H,5-11,17H2,1-4H3,(H,18,20). The lowest BCUT2D eigenvalue weighted by Crippen LogP contribution is -2.50. The molecule has 0 aromatic carbocycles. The first-order valence-electron chi connectivity index (χ1n) is 8.28. The van der Waals surface area contributed by atoms with Crippen LogP contribution in [0.2, 0.25) is 0 Å². The minimum atomic E-state index is -0.451. The van der Waals surface area contributed by atoms with E-state index in [1.165, 1.54) is 25.7 Å². The van der Waals surface area contributed by atoms with Gasteiger partial charge >= 0.3 is 6.09 Å². The van der Waals surface area contributed by atoms with Crippen LogP contribution in [0.1, 0.15) is 59.8 Å². The molecule has 5 nitrogen and oxygen atoms in total. The highest BCUT2D eigenvalue weighted by molar-refractivity contribution is 5.67. The van der Waals surface area contributed by atoms with E-state index in [2.05, 4.69) is 17.6 Å². The van der Waals surface area contributed by atoms with Gasteiger partial charge in [0.25, 0.3) is 0 Å². The first kappa shape index (κ1) is 18.2. The molecule has 3 unspecified atom stereocenters. The zero-order chi connectivity index (χ0) is 15.9. The molecule has 124 valence electrons. The molecule has 0 bridgehead atoms. The molecule has 1 rings (SSSR count). The van der Waals surface area contributed by atoms with Gasteiger partial charge in [0.2, 0.25) is 0 Å². The van der Waals surface area contributed by atoms with Crippen LogP contribution in [0.5, 0.6) is 0 Å². The molecule has 0 heterocycles. The first-order chi connectivity index (χ1) is 9.85. The van der Waals surface area contributed by atoms with Gasteiger partial charge < -0.3 is 21.1 Å². The van der Waals surface area contributed by atoms with Crippen molar-refractivity contribution in [2.45, 2.75) is 77.5 Å². The Hall–Kier alpha value is -0.810. The van der Waals surface area contributed by atoms with E-state index in [0.717, 1.165) is 13.0 Å². The van der Waals surface area contributed by atoms with Crippen molar-refractivity contribution in [1.82, 2.24) is 10.6 Å². The molecule has 3 atom stereocenters. The number of nitrogens with two attached hydrogens (primary N) is 1. The third kappa shape index (κ3) is 7.14. The molecule has 1 aliphatic rings. The Morgan fingerprint density at radius 3 is 2.57 bits per heavy atom. The number of rotatable bonds is 6. The van der Waals surface area contributed by atoms with Crippen molar-refractivity contribution in [1.29, 1.82) is 0 Å². The maximum absolute atomic E-state index is 11.7. The molecule has 4 N–H and O–H groups in total. The van der Waals surface area contributed by atoms with E-state index in [4.69, 9.17) is 10.5 Å². The molecule has 1 fully saturated rings. The third-order valence-corrected chi connectivity index (χ3v) is 4.05. The van der Waals surface area contributed by atoms with E-state index in [-0.39, 0.29) is 12.1 Å². The summed E-state index contributed by atoms with van der Waals surface area (Å²) in [7, 11) is 0. The van der Waals surface area contributed by atoms with Gasteiger partial charge in [0.05, 0.1) is 0 Å². The Morgan fingerprint density at radius 1 is 1.33 bits per heavy atom. The van der Waals surface area contributed by atoms with Crippen molar-refractivity contribution in [3.05, 3.63) is 0 Å². The zero-order valence-corrected chi connectivity index (χ0v) is 14.1. The molecular formula is C16H33N3O2. The van der Waals surface area contributed by atoms with E-state index >= 15 is 0 Å². The first-order valence-corrected chi connectivity index (χ1v) is 8.28. The highest BCUT2D eigenvalue weighted by Crippen LogP contribution is 2.24. The molecule has 0 saturated heterocycles. The van der Waals surface area contributed by atoms with Gasteiger partial charge in [0, 0.05) is 18.6 Å². The van der Waals surface area contributed by atoms with Crippen molar-refractivity contribution >= 4 is 6.09 Å². The van der Waals surface area contributed by atoms with Crippen LogP contribution in [0, 0.1) is 5.92 Å². The number of nitrogens with one attached hydrogen (secondary N) is 2. The molecule has 1 aliphatic carbocycles. The van der Waals surface area contributed by atoms with Crippen LogP contribution in [0.3, 0.4) is 0 Å². The summed E-state index contributed by atoms with van der Waals surface area (Å²) in [6.45, 7) is 9.09. The Bertz CT molecular complexity index is 315. The van der Waals surface area contributed by atoms with Crippen molar-refractivity contribution in [2.75, 3.05) is 13.1 Å². The average molecular weight is 299 g/mol. The molecule has 0 radical (unpaired) electrons. The largest absolute Gasteiger partial charge is 0.444 e.